The monoisotopic (exact) mass is 319 g/mol. The van der Waals surface area contributed by atoms with Gasteiger partial charge in [-0.05, 0) is 24.1 Å². The molecule has 0 saturated heterocycles. The van der Waals surface area contributed by atoms with Crippen LogP contribution in [-0.2, 0) is 14.3 Å². The van der Waals surface area contributed by atoms with Crippen LogP contribution in [0.3, 0.4) is 0 Å². The molecule has 1 aromatic carbocycles. The number of hydrogen-bond acceptors (Lipinski definition) is 5. The van der Waals surface area contributed by atoms with E-state index in [0.717, 1.165) is 5.56 Å². The zero-order chi connectivity index (χ0) is 16.9. The Kier molecular flexibility index (Phi) is 8.77. The Labute approximate surface area is 135 Å². The first-order valence-electron chi connectivity index (χ1n) is 7.11. The normalized spacial score (nSPS) is 10.3. The summed E-state index contributed by atoms with van der Waals surface area (Å²) in [6.45, 7) is 4.86. The lowest BCUT2D eigenvalue weighted by Crippen LogP contribution is -2.38. The zero-order valence-corrected chi connectivity index (χ0v) is 13.1. The second kappa shape index (κ2) is 11.0. The van der Waals surface area contributed by atoms with Crippen LogP contribution in [0.2, 0.25) is 0 Å². The van der Waals surface area contributed by atoms with E-state index in [9.17, 15) is 9.59 Å². The molecule has 0 aliphatic rings. The quantitative estimate of drug-likeness (QED) is 0.232. The minimum Gasteiger partial charge on any atom is -0.490 e. The molecular weight excluding hydrogens is 298 g/mol. The highest BCUT2D eigenvalue weighted by molar-refractivity contribution is 6.35. The second-order valence-corrected chi connectivity index (χ2v) is 4.47. The van der Waals surface area contributed by atoms with Crippen molar-refractivity contribution in [3.8, 4) is 5.75 Å². The number of benzene rings is 1. The number of hydrogen-bond donors (Lipinski definition) is 2. The lowest BCUT2D eigenvalue weighted by molar-refractivity contribution is -0.139. The maximum Gasteiger partial charge on any atom is 0.329 e. The van der Waals surface area contributed by atoms with Crippen LogP contribution in [0.15, 0.2) is 42.0 Å². The summed E-state index contributed by atoms with van der Waals surface area (Å²) in [4.78, 5) is 23.0. The van der Waals surface area contributed by atoms with Gasteiger partial charge in [0.25, 0.3) is 0 Å². The molecule has 2 N–H and O–H groups in total. The molecule has 7 nitrogen and oxygen atoms in total. The number of carbonyl (C=O) groups is 2. The lowest BCUT2D eigenvalue weighted by atomic mass is 10.2. The predicted molar refractivity (Wildman–Crippen MR) is 87.4 cm³/mol. The van der Waals surface area contributed by atoms with Crippen LogP contribution >= 0.6 is 0 Å². The van der Waals surface area contributed by atoms with Crippen molar-refractivity contribution in [3.63, 3.8) is 0 Å². The number of nitrogens with zero attached hydrogens (tertiary/aromatic N) is 1. The molecule has 0 heterocycles. The molecule has 0 unspecified atom stereocenters. The van der Waals surface area contributed by atoms with Gasteiger partial charge in [-0.25, -0.2) is 5.43 Å². The molecule has 1 aromatic rings. The third-order valence-electron chi connectivity index (χ3n) is 2.62. The molecule has 1 rings (SSSR count). The van der Waals surface area contributed by atoms with E-state index in [1.165, 1.54) is 6.21 Å². The third-order valence-corrected chi connectivity index (χ3v) is 2.62. The van der Waals surface area contributed by atoms with Crippen LogP contribution in [0.5, 0.6) is 5.75 Å². The van der Waals surface area contributed by atoms with Crippen molar-refractivity contribution in [2.24, 2.45) is 5.10 Å². The van der Waals surface area contributed by atoms with Gasteiger partial charge in [0.1, 0.15) is 12.4 Å². The molecule has 0 aliphatic carbocycles. The van der Waals surface area contributed by atoms with Gasteiger partial charge in [0.05, 0.1) is 6.21 Å². The Bertz CT molecular complexity index is 558. The van der Waals surface area contributed by atoms with Gasteiger partial charge in [0, 0.05) is 20.3 Å². The number of methoxy groups -OCH3 is 1. The van der Waals surface area contributed by atoms with Crippen molar-refractivity contribution >= 4 is 18.0 Å². The summed E-state index contributed by atoms with van der Waals surface area (Å²) >= 11 is 0. The highest BCUT2D eigenvalue weighted by Gasteiger charge is 2.11. The fourth-order valence-corrected chi connectivity index (χ4v) is 1.55. The van der Waals surface area contributed by atoms with Crippen LogP contribution < -0.4 is 15.5 Å². The molecular formula is C16H21N3O4. The summed E-state index contributed by atoms with van der Waals surface area (Å²) in [5.41, 5.74) is 2.89. The number of amides is 2. The number of rotatable bonds is 9. The molecule has 0 bridgehead atoms. The maximum absolute atomic E-state index is 11.5. The Morgan fingerprint density at radius 2 is 2.17 bits per heavy atom. The van der Waals surface area contributed by atoms with Crippen molar-refractivity contribution < 1.29 is 19.1 Å². The Morgan fingerprint density at radius 1 is 1.35 bits per heavy atom. The van der Waals surface area contributed by atoms with E-state index in [-0.39, 0.29) is 0 Å². The van der Waals surface area contributed by atoms with Crippen LogP contribution in [0.25, 0.3) is 0 Å². The summed E-state index contributed by atoms with van der Waals surface area (Å²) in [7, 11) is 1.57. The lowest BCUT2D eigenvalue weighted by Gasteiger charge is -2.04. The first-order chi connectivity index (χ1) is 11.2. The van der Waals surface area contributed by atoms with E-state index in [2.05, 4.69) is 22.4 Å². The van der Waals surface area contributed by atoms with Crippen LogP contribution in [-0.4, -0.2) is 44.9 Å². The van der Waals surface area contributed by atoms with Crippen molar-refractivity contribution in [3.05, 3.63) is 42.5 Å². The number of carbonyl (C=O) groups excluding carboxylic acids is 2. The molecule has 2 amide bonds. The van der Waals surface area contributed by atoms with Gasteiger partial charge >= 0.3 is 11.8 Å². The summed E-state index contributed by atoms with van der Waals surface area (Å²) < 4.78 is 10.2. The fourth-order valence-electron chi connectivity index (χ4n) is 1.55. The Morgan fingerprint density at radius 3 is 2.91 bits per heavy atom. The smallest absolute Gasteiger partial charge is 0.329 e. The third kappa shape index (κ3) is 7.77. The standard InChI is InChI=1S/C16H21N3O4/c1-3-9-23-14-7-4-6-13(11-14)12-18-19-16(21)15(20)17-8-5-10-22-2/h3-4,6-7,11-12H,1,5,8-10H2,2H3,(H,17,20)(H,19,21)/b18-12-. The van der Waals surface area contributed by atoms with E-state index < -0.39 is 11.8 Å². The summed E-state index contributed by atoms with van der Waals surface area (Å²) in [5, 5.41) is 6.21. The van der Waals surface area contributed by atoms with Gasteiger partial charge in [0.15, 0.2) is 0 Å². The highest BCUT2D eigenvalue weighted by Crippen LogP contribution is 2.11. The molecule has 23 heavy (non-hydrogen) atoms. The van der Waals surface area contributed by atoms with Gasteiger partial charge in [-0.15, -0.1) is 0 Å². The molecule has 0 spiro atoms. The molecule has 0 fully saturated rings. The molecule has 124 valence electrons. The first kappa shape index (κ1) is 18.4. The summed E-state index contributed by atoms with van der Waals surface area (Å²) in [6, 6.07) is 7.14. The van der Waals surface area contributed by atoms with E-state index in [0.29, 0.717) is 31.9 Å². The molecule has 0 aromatic heterocycles. The average molecular weight is 319 g/mol. The summed E-state index contributed by atoms with van der Waals surface area (Å²) in [5.74, 6) is -0.893. The molecule has 7 heteroatoms. The van der Waals surface area contributed by atoms with Gasteiger partial charge in [0.2, 0.25) is 0 Å². The Hall–Kier alpha value is -2.67. The number of ether oxygens (including phenoxy) is 2. The molecule has 0 saturated carbocycles. The summed E-state index contributed by atoms with van der Waals surface area (Å²) in [6.07, 6.45) is 3.71. The van der Waals surface area contributed by atoms with Gasteiger partial charge < -0.3 is 14.8 Å². The Balaban J connectivity index is 2.41. The molecule has 0 atom stereocenters. The van der Waals surface area contributed by atoms with Crippen molar-refractivity contribution in [1.82, 2.24) is 10.7 Å². The van der Waals surface area contributed by atoms with E-state index in [1.54, 1.807) is 37.5 Å². The number of nitrogens with one attached hydrogen (secondary N) is 2. The van der Waals surface area contributed by atoms with E-state index in [1.807, 2.05) is 0 Å². The zero-order valence-electron chi connectivity index (χ0n) is 13.1. The van der Waals surface area contributed by atoms with Crippen LogP contribution in [0.1, 0.15) is 12.0 Å². The van der Waals surface area contributed by atoms with E-state index in [4.69, 9.17) is 9.47 Å². The average Bonchev–Trinajstić information content (AvgIpc) is 2.57. The van der Waals surface area contributed by atoms with Crippen molar-refractivity contribution in [2.45, 2.75) is 6.42 Å². The number of hydrazone groups is 1. The van der Waals surface area contributed by atoms with E-state index >= 15 is 0 Å². The van der Waals surface area contributed by atoms with Crippen molar-refractivity contribution in [1.29, 1.82) is 0 Å². The maximum atomic E-state index is 11.5. The fraction of sp³-hybridized carbons (Fsp3) is 0.312. The van der Waals surface area contributed by atoms with Crippen LogP contribution in [0.4, 0.5) is 0 Å². The van der Waals surface area contributed by atoms with Gasteiger partial charge in [-0.1, -0.05) is 24.8 Å². The topological polar surface area (TPSA) is 89.0 Å². The second-order valence-electron chi connectivity index (χ2n) is 4.47. The predicted octanol–water partition coefficient (Wildman–Crippen LogP) is 0.854. The van der Waals surface area contributed by atoms with Crippen LogP contribution in [0, 0.1) is 0 Å². The largest absolute Gasteiger partial charge is 0.490 e. The van der Waals surface area contributed by atoms with Crippen molar-refractivity contribution in [2.75, 3.05) is 26.9 Å². The SMILES string of the molecule is C=CCOc1cccc(/C=N\NC(=O)C(=O)NCCCOC)c1. The van der Waals surface area contributed by atoms with Gasteiger partial charge in [-0.2, -0.15) is 5.10 Å². The molecule has 0 radical (unpaired) electrons. The first-order valence-corrected chi connectivity index (χ1v) is 7.11. The minimum atomic E-state index is -0.822. The minimum absolute atomic E-state index is 0.368. The molecule has 0 aliphatic heterocycles. The highest BCUT2D eigenvalue weighted by atomic mass is 16.5. The van der Waals surface area contributed by atoms with Gasteiger partial charge in [-0.3, -0.25) is 9.59 Å².